The number of nitro benzene ring substituents is 2. The molecule has 131 heavy (non-hydrogen) atoms. The van der Waals surface area contributed by atoms with Crippen LogP contribution in [0.1, 0.15) is 17.3 Å². The molecule has 1 fully saturated rings. The lowest BCUT2D eigenvalue weighted by atomic mass is 10.1. The van der Waals surface area contributed by atoms with Crippen LogP contribution in [-0.2, 0) is 0 Å². The minimum Gasteiger partial charge on any atom is -0.506 e. The van der Waals surface area contributed by atoms with E-state index in [0.717, 1.165) is 80.1 Å². The smallest absolute Gasteiger partial charge is 0.321 e. The van der Waals surface area contributed by atoms with Crippen molar-refractivity contribution in [3.8, 4) is 114 Å². The summed E-state index contributed by atoms with van der Waals surface area (Å²) < 4.78 is 85.4. The van der Waals surface area contributed by atoms with Gasteiger partial charge in [0.25, 0.3) is 0 Å². The Kier molecular flexibility index (Phi) is 25.3. The average Bonchev–Trinajstić information content (AvgIpc) is 1.66. The molecule has 1 saturated heterocycles. The lowest BCUT2D eigenvalue weighted by molar-refractivity contribution is -0.386. The summed E-state index contributed by atoms with van der Waals surface area (Å²) in [5.41, 5.74) is 35.1. The number of fused-ring (bicyclic) bond motifs is 9. The van der Waals surface area contributed by atoms with Crippen molar-refractivity contribution in [1.29, 1.82) is 0 Å². The van der Waals surface area contributed by atoms with Crippen molar-refractivity contribution >= 4 is 95.6 Å². The SMILES string of the molecule is COc1cccc(-c2cc(-c3ccco3)[nH]n2)c1N.COc1cccc(-c2cc(-c3ccco3)[nH]n2)c1[N+](=O)[O-].COc1cccc(C(C)=O)c1[N+](=O)[O-].COc1cccc2c1nc(N)n1nc(-c3ccco3)cc21.Nc1nc2c(O)cccc2c2cc(-c3ccco3)nn12.Nc1nc2c(OCCN3CCN(c4ccc(F)cc4F)CC3)cccc2c2cc(-c3ccco3)nn12. The van der Waals surface area contributed by atoms with E-state index in [1.54, 1.807) is 120 Å². The number of Topliss-reactive ketones (excluding diaryl/α,β-unsaturated/α-hetero) is 1. The summed E-state index contributed by atoms with van der Waals surface area (Å²) in [4.78, 5) is 49.3. The zero-order chi connectivity index (χ0) is 91.5. The number of carbonyl (C=O) groups is 1. The molecule has 0 radical (unpaired) electrons. The van der Waals surface area contributed by atoms with E-state index in [9.17, 15) is 38.9 Å². The molecule has 0 saturated carbocycles. The summed E-state index contributed by atoms with van der Waals surface area (Å²) in [6, 6.07) is 62.8. The molecule has 0 atom stereocenters. The van der Waals surface area contributed by atoms with Crippen molar-refractivity contribution in [3.63, 3.8) is 0 Å². The summed E-state index contributed by atoms with van der Waals surface area (Å²) in [6.45, 7) is 5.29. The van der Waals surface area contributed by atoms with Crippen molar-refractivity contribution in [2.75, 3.05) is 95.6 Å². The van der Waals surface area contributed by atoms with Crippen molar-refractivity contribution in [1.82, 2.24) is 69.1 Å². The Hall–Kier alpha value is -17.9. The zero-order valence-corrected chi connectivity index (χ0v) is 70.3. The van der Waals surface area contributed by atoms with Crippen LogP contribution in [0.25, 0.3) is 129 Å². The van der Waals surface area contributed by atoms with E-state index in [-0.39, 0.29) is 51.9 Å². The lowest BCUT2D eigenvalue weighted by Crippen LogP contribution is -2.47. The number of aromatic nitrogens is 13. The number of phenolic OH excluding ortho intramolecular Hbond substituents is 1. The second kappa shape index (κ2) is 38.3. The number of carbonyl (C=O) groups excluding carboxylic acids is 1. The minimum absolute atomic E-state index is 0.0642. The number of halogens is 2. The molecular formula is C92H79F2N21O16. The van der Waals surface area contributed by atoms with Crippen LogP contribution in [0.2, 0.25) is 0 Å². The lowest BCUT2D eigenvalue weighted by Gasteiger charge is -2.36. The molecule has 662 valence electrons. The van der Waals surface area contributed by atoms with Crippen molar-refractivity contribution in [2.24, 2.45) is 0 Å². The van der Waals surface area contributed by atoms with Gasteiger partial charge in [0.15, 0.2) is 46.1 Å². The zero-order valence-electron chi connectivity index (χ0n) is 70.3. The Labute approximate surface area is 739 Å². The predicted molar refractivity (Wildman–Crippen MR) is 484 cm³/mol. The van der Waals surface area contributed by atoms with Gasteiger partial charge in [0, 0.05) is 60.5 Å². The number of nitrogens with one attached hydrogen (secondary N) is 2. The Morgan fingerprint density at radius 1 is 0.458 bits per heavy atom. The van der Waals surface area contributed by atoms with Gasteiger partial charge in [-0.2, -0.15) is 39.0 Å². The summed E-state index contributed by atoms with van der Waals surface area (Å²) in [5.74, 6) is 5.03. The molecular weight excluding hydrogens is 1690 g/mol. The number of phenols is 1. The number of benzene rings is 7. The molecule has 37 nitrogen and oxygen atoms in total. The second-order valence-corrected chi connectivity index (χ2v) is 28.8. The van der Waals surface area contributed by atoms with E-state index in [4.69, 9.17) is 68.7 Å². The van der Waals surface area contributed by atoms with E-state index < -0.39 is 21.5 Å². The molecule has 1 aliphatic rings. The van der Waals surface area contributed by atoms with Crippen LogP contribution in [0.3, 0.4) is 0 Å². The molecule has 1 aliphatic heterocycles. The van der Waals surface area contributed by atoms with Gasteiger partial charge in [-0.25, -0.2) is 23.7 Å². The third-order valence-electron chi connectivity index (χ3n) is 20.9. The molecule has 21 rings (SSSR count). The number of hydrogen-bond donors (Lipinski definition) is 7. The highest BCUT2D eigenvalue weighted by molar-refractivity contribution is 6.02. The summed E-state index contributed by atoms with van der Waals surface area (Å²) in [7, 11) is 5.92. The highest BCUT2D eigenvalue weighted by atomic mass is 19.1. The van der Waals surface area contributed by atoms with Gasteiger partial charge in [0.1, 0.15) is 86.3 Å². The summed E-state index contributed by atoms with van der Waals surface area (Å²) in [5, 5.41) is 61.9. The van der Waals surface area contributed by atoms with Crippen molar-refractivity contribution < 1.29 is 74.3 Å². The number of nitrogen functional groups attached to an aromatic ring is 4. The minimum atomic E-state index is -0.616. The Balaban J connectivity index is 0.000000118. The number of nitrogens with two attached hydrogens (primary N) is 4. The molecule has 14 heterocycles. The molecule has 11 N–H and O–H groups in total. The van der Waals surface area contributed by atoms with E-state index in [0.29, 0.717) is 129 Å². The second-order valence-electron chi connectivity index (χ2n) is 28.8. The molecule has 20 aromatic rings. The van der Waals surface area contributed by atoms with E-state index in [2.05, 4.69) is 55.5 Å². The third-order valence-corrected chi connectivity index (χ3v) is 20.9. The van der Waals surface area contributed by atoms with Crippen LogP contribution >= 0.6 is 0 Å². The number of ether oxygens (including phenoxy) is 5. The normalized spacial score (nSPS) is 11.8. The number of ketones is 1. The highest BCUT2D eigenvalue weighted by Gasteiger charge is 2.28. The van der Waals surface area contributed by atoms with Gasteiger partial charge in [0.2, 0.25) is 17.8 Å². The summed E-state index contributed by atoms with van der Waals surface area (Å²) >= 11 is 0. The largest absolute Gasteiger partial charge is 0.506 e. The first-order valence-corrected chi connectivity index (χ1v) is 40.0. The average molecular weight is 1770 g/mol. The van der Waals surface area contributed by atoms with Crippen molar-refractivity contribution in [3.05, 3.63) is 287 Å². The third kappa shape index (κ3) is 18.4. The van der Waals surface area contributed by atoms with Crippen LogP contribution < -0.4 is 51.5 Å². The highest BCUT2D eigenvalue weighted by Crippen LogP contribution is 2.41. The van der Waals surface area contributed by atoms with Crippen LogP contribution in [0.15, 0.2) is 272 Å². The Morgan fingerprint density at radius 2 is 0.870 bits per heavy atom. The molecule has 0 aliphatic carbocycles. The van der Waals surface area contributed by atoms with Gasteiger partial charge in [-0.15, -0.1) is 0 Å². The monoisotopic (exact) mass is 1770 g/mol. The number of rotatable bonds is 19. The van der Waals surface area contributed by atoms with Crippen LogP contribution in [0, 0.1) is 31.9 Å². The molecule has 0 amide bonds. The maximum Gasteiger partial charge on any atom is 0.321 e. The number of nitro groups is 2. The fraction of sp³-hybridized carbons (Fsp3) is 0.120. The maximum absolute atomic E-state index is 14.1. The van der Waals surface area contributed by atoms with Crippen LogP contribution in [-0.4, -0.2) is 158 Å². The Morgan fingerprint density at radius 3 is 1.34 bits per heavy atom. The number of anilines is 5. The first-order valence-electron chi connectivity index (χ1n) is 40.0. The number of H-pyrrole nitrogens is 2. The standard InChI is InChI=1S/C26H24F2N6O2.C15H12N4O2.C14H10N4O2.C14H11N3O4.C14H13N3O2.C9H9NO4/c27-17-6-7-21(19(28)15-17)33-10-8-32(9-11-33)12-14-36-24-4-1-3-18-22-16-20(23-5-2-13-35-23)31-34(22)26(29)30-25(18)24;1-20-13-5-2-4-9-11-8-10(12-6-3-7-21-12)18-19(11)15(16)17-14(9)13;15-14-16-13-8(3-1-4-11(13)19)10-7-9(17-18(10)14)12-5-2-6-20-12;1-20-13-5-2-4-9(14(13)17(18)19)10-8-11(16-15-10)12-6-3-7-21-12;1-18-13-5-2-4-9(14(13)15)10-8-11(17-16-10)12-6-3-7-19-12;1-6(11)7-4-3-5-8(14-2)9(7)10(12)13/h1-7,13,15-16H,8-12,14H2,(H2,29,30);2-8H,1H3,(H2,16,17);1-7,19H,(H2,15,16);2-8H,1H3,(H,15,16);2-8H,15H2,1H3,(H,16,17);3-5H,1-2H3. The fourth-order valence-electron chi connectivity index (χ4n) is 14.6. The summed E-state index contributed by atoms with van der Waals surface area (Å²) in [6.07, 6.45) is 7.97. The molecule has 13 aromatic heterocycles. The fourth-order valence-corrected chi connectivity index (χ4v) is 14.6. The van der Waals surface area contributed by atoms with Gasteiger partial charge in [-0.3, -0.25) is 40.1 Å². The molecule has 0 bridgehead atoms. The van der Waals surface area contributed by atoms with Gasteiger partial charge >= 0.3 is 11.4 Å². The van der Waals surface area contributed by atoms with E-state index >= 15 is 0 Å². The molecule has 0 spiro atoms. The number of piperazine rings is 1. The number of furan rings is 5. The van der Waals surface area contributed by atoms with E-state index in [1.807, 2.05) is 132 Å². The Bertz CT molecular complexity index is 7450. The van der Waals surface area contributed by atoms with Gasteiger partial charge in [-0.1, -0.05) is 60.7 Å². The number of nitrogens with zero attached hydrogens (tertiary/aromatic N) is 15. The predicted octanol–water partition coefficient (Wildman–Crippen LogP) is 17.4. The molecule has 0 unspecified atom stereocenters. The molecule has 7 aromatic carbocycles. The van der Waals surface area contributed by atoms with Gasteiger partial charge in [-0.05, 0) is 159 Å². The van der Waals surface area contributed by atoms with Crippen LogP contribution in [0.4, 0.5) is 49.4 Å². The maximum atomic E-state index is 14.1. The number of hydrogen-bond acceptors (Lipinski definition) is 30. The first kappa shape index (κ1) is 86.6. The van der Waals surface area contributed by atoms with Gasteiger partial charge < -0.3 is 78.7 Å². The van der Waals surface area contributed by atoms with Gasteiger partial charge in [0.05, 0.1) is 120 Å². The van der Waals surface area contributed by atoms with E-state index in [1.165, 1.54) is 45.4 Å². The molecule has 39 heteroatoms. The van der Waals surface area contributed by atoms with Crippen LogP contribution in [0.5, 0.6) is 34.5 Å². The number of aromatic hydroxyl groups is 1. The number of methoxy groups -OCH3 is 4. The quantitative estimate of drug-likeness (QED) is 0.0171. The topological polar surface area (TPSA) is 494 Å². The first-order chi connectivity index (χ1) is 63.6. The number of aromatic amines is 2. The van der Waals surface area contributed by atoms with Crippen molar-refractivity contribution in [2.45, 2.75) is 6.92 Å². The number of para-hydroxylation sites is 6.